The summed E-state index contributed by atoms with van der Waals surface area (Å²) in [6.07, 6.45) is 5.40. The monoisotopic (exact) mass is 158 g/mol. The Morgan fingerprint density at radius 2 is 2.20 bits per heavy atom. The third-order valence-corrected chi connectivity index (χ3v) is 2.84. The fourth-order valence-corrected chi connectivity index (χ4v) is 0.978. The predicted octanol–water partition coefficient (Wildman–Crippen LogP) is 1.42. The molecule has 0 saturated heterocycles. The highest BCUT2D eigenvalue weighted by Crippen LogP contribution is 2.15. The van der Waals surface area contributed by atoms with Crippen molar-refractivity contribution in [3.05, 3.63) is 12.7 Å². The van der Waals surface area contributed by atoms with Gasteiger partial charge in [-0.2, -0.15) is 0 Å². The molecule has 0 aliphatic carbocycles. The number of rotatable bonds is 5. The minimum atomic E-state index is 0.106. The lowest BCUT2D eigenvalue weighted by molar-refractivity contribution is 0.110. The van der Waals surface area contributed by atoms with Crippen molar-refractivity contribution in [3.8, 4) is 0 Å². The van der Waals surface area contributed by atoms with Crippen LogP contribution in [0.1, 0.15) is 33.1 Å². The van der Waals surface area contributed by atoms with Gasteiger partial charge < -0.3 is 4.43 Å². The lowest BCUT2D eigenvalue weighted by Gasteiger charge is -2.22. The zero-order valence-corrected chi connectivity index (χ0v) is 9.31. The van der Waals surface area contributed by atoms with E-state index in [0.717, 1.165) is 23.3 Å². The molecule has 0 amide bonds. The third kappa shape index (κ3) is 4.76. The standard InChI is InChI=1S/C8H18OSi/c1-4-5-6-7-8(2,3)9-10/h4H,1,5-7H2,2-3,10H3. The lowest BCUT2D eigenvalue weighted by Crippen LogP contribution is -2.22. The van der Waals surface area contributed by atoms with Crippen LogP contribution in [0.25, 0.3) is 0 Å². The van der Waals surface area contributed by atoms with Crippen molar-refractivity contribution in [2.45, 2.75) is 38.7 Å². The van der Waals surface area contributed by atoms with Crippen LogP contribution in [-0.4, -0.2) is 16.1 Å². The van der Waals surface area contributed by atoms with E-state index in [9.17, 15) is 0 Å². The van der Waals surface area contributed by atoms with Gasteiger partial charge in [-0.1, -0.05) is 6.08 Å². The molecule has 0 fully saturated rings. The summed E-state index contributed by atoms with van der Waals surface area (Å²) in [6.45, 7) is 7.96. The van der Waals surface area contributed by atoms with Gasteiger partial charge >= 0.3 is 0 Å². The first-order valence-electron chi connectivity index (χ1n) is 3.78. The molecule has 0 unspecified atom stereocenters. The van der Waals surface area contributed by atoms with Crippen LogP contribution in [0.15, 0.2) is 12.7 Å². The van der Waals surface area contributed by atoms with E-state index in [1.807, 2.05) is 6.08 Å². The smallest absolute Gasteiger partial charge is 0.146 e. The highest BCUT2D eigenvalue weighted by molar-refractivity contribution is 5.98. The Kier molecular flexibility index (Phi) is 4.65. The first-order valence-corrected chi connectivity index (χ1v) is 4.60. The van der Waals surface area contributed by atoms with Gasteiger partial charge in [0, 0.05) is 5.60 Å². The van der Waals surface area contributed by atoms with E-state index in [0.29, 0.717) is 0 Å². The van der Waals surface area contributed by atoms with Gasteiger partial charge in [-0.3, -0.25) is 0 Å². The van der Waals surface area contributed by atoms with Crippen LogP contribution in [-0.2, 0) is 4.43 Å². The molecule has 0 aromatic heterocycles. The van der Waals surface area contributed by atoms with E-state index >= 15 is 0 Å². The van der Waals surface area contributed by atoms with Gasteiger partial charge in [0.25, 0.3) is 0 Å². The average Bonchev–Trinajstić information content (AvgIpc) is 1.89. The third-order valence-electron chi connectivity index (χ3n) is 1.74. The second kappa shape index (κ2) is 4.69. The second-order valence-corrected chi connectivity index (χ2v) is 3.55. The van der Waals surface area contributed by atoms with Gasteiger partial charge in [0.15, 0.2) is 0 Å². The summed E-state index contributed by atoms with van der Waals surface area (Å²) in [7, 11) is 0.840. The highest BCUT2D eigenvalue weighted by Gasteiger charge is 2.13. The normalized spacial score (nSPS) is 11.8. The summed E-state index contributed by atoms with van der Waals surface area (Å²) in [5, 5.41) is 0. The molecule has 2 heteroatoms. The van der Waals surface area contributed by atoms with Crippen LogP contribution < -0.4 is 0 Å². The molecular formula is C8H18OSi. The summed E-state index contributed by atoms with van der Waals surface area (Å²) >= 11 is 0. The molecule has 0 radical (unpaired) electrons. The Balaban J connectivity index is 3.36. The number of allylic oxidation sites excluding steroid dienone is 1. The second-order valence-electron chi connectivity index (χ2n) is 3.14. The molecule has 0 bridgehead atoms. The van der Waals surface area contributed by atoms with E-state index in [1.165, 1.54) is 6.42 Å². The molecular weight excluding hydrogens is 140 g/mol. The van der Waals surface area contributed by atoms with E-state index in [1.54, 1.807) is 0 Å². The number of hydrogen-bond acceptors (Lipinski definition) is 1. The van der Waals surface area contributed by atoms with Gasteiger partial charge in [0.05, 0.1) is 0 Å². The quantitative estimate of drug-likeness (QED) is 0.334. The number of hydrogen-bond donors (Lipinski definition) is 0. The van der Waals surface area contributed by atoms with E-state index in [2.05, 4.69) is 20.4 Å². The van der Waals surface area contributed by atoms with Gasteiger partial charge in [-0.25, -0.2) is 0 Å². The van der Waals surface area contributed by atoms with Crippen molar-refractivity contribution >= 4 is 10.5 Å². The summed E-state index contributed by atoms with van der Waals surface area (Å²) < 4.78 is 5.39. The van der Waals surface area contributed by atoms with Crippen LogP contribution in [0, 0.1) is 0 Å². The molecule has 0 aliphatic rings. The number of unbranched alkanes of at least 4 members (excludes halogenated alkanes) is 1. The van der Waals surface area contributed by atoms with Crippen molar-refractivity contribution in [1.82, 2.24) is 0 Å². The highest BCUT2D eigenvalue weighted by atomic mass is 28.2. The van der Waals surface area contributed by atoms with Crippen LogP contribution in [0.5, 0.6) is 0 Å². The largest absolute Gasteiger partial charge is 0.423 e. The summed E-state index contributed by atoms with van der Waals surface area (Å²) in [5.74, 6) is 0. The molecule has 1 nitrogen and oxygen atoms in total. The average molecular weight is 158 g/mol. The van der Waals surface area contributed by atoms with Gasteiger partial charge in [0.1, 0.15) is 10.5 Å². The molecule has 0 saturated carbocycles. The zero-order chi connectivity index (χ0) is 8.04. The first-order chi connectivity index (χ1) is 4.62. The van der Waals surface area contributed by atoms with Crippen molar-refractivity contribution < 1.29 is 4.43 Å². The molecule has 0 rings (SSSR count). The molecule has 60 valence electrons. The van der Waals surface area contributed by atoms with Crippen LogP contribution in [0.4, 0.5) is 0 Å². The molecule has 0 atom stereocenters. The van der Waals surface area contributed by atoms with E-state index < -0.39 is 0 Å². The summed E-state index contributed by atoms with van der Waals surface area (Å²) in [4.78, 5) is 0. The molecule has 10 heavy (non-hydrogen) atoms. The van der Waals surface area contributed by atoms with E-state index in [4.69, 9.17) is 4.43 Å². The van der Waals surface area contributed by atoms with Gasteiger partial charge in [0.2, 0.25) is 0 Å². The lowest BCUT2D eigenvalue weighted by atomic mass is 10.0. The zero-order valence-electron chi connectivity index (χ0n) is 7.31. The summed E-state index contributed by atoms with van der Waals surface area (Å²) in [5.41, 5.74) is 0.106. The molecule has 0 aromatic rings. The Morgan fingerprint density at radius 3 is 2.60 bits per heavy atom. The first kappa shape index (κ1) is 9.92. The molecule has 0 N–H and O–H groups in total. The van der Waals surface area contributed by atoms with Crippen molar-refractivity contribution in [2.75, 3.05) is 0 Å². The minimum absolute atomic E-state index is 0.106. The Hall–Kier alpha value is -0.0831. The van der Waals surface area contributed by atoms with Crippen molar-refractivity contribution in [1.29, 1.82) is 0 Å². The van der Waals surface area contributed by atoms with Crippen LogP contribution in [0.3, 0.4) is 0 Å². The summed E-state index contributed by atoms with van der Waals surface area (Å²) in [6, 6.07) is 0. The fourth-order valence-electron chi connectivity index (χ4n) is 0.774. The Bertz CT molecular complexity index is 99.4. The van der Waals surface area contributed by atoms with Crippen LogP contribution >= 0.6 is 0 Å². The maximum atomic E-state index is 5.39. The maximum absolute atomic E-state index is 5.39. The maximum Gasteiger partial charge on any atom is 0.146 e. The van der Waals surface area contributed by atoms with E-state index in [-0.39, 0.29) is 5.60 Å². The molecule has 0 aromatic carbocycles. The topological polar surface area (TPSA) is 9.23 Å². The predicted molar refractivity (Wildman–Crippen MR) is 49.2 cm³/mol. The van der Waals surface area contributed by atoms with Crippen LogP contribution in [0.2, 0.25) is 0 Å². The molecule has 0 aliphatic heterocycles. The Morgan fingerprint density at radius 1 is 1.60 bits per heavy atom. The molecule has 0 spiro atoms. The minimum Gasteiger partial charge on any atom is -0.423 e. The van der Waals surface area contributed by atoms with Gasteiger partial charge in [-0.15, -0.1) is 6.58 Å². The fraction of sp³-hybridized carbons (Fsp3) is 0.750. The van der Waals surface area contributed by atoms with Crippen molar-refractivity contribution in [2.24, 2.45) is 0 Å². The Labute approximate surface area is 67.0 Å². The SMILES string of the molecule is C=CCCCC(C)(C)O[SiH3]. The van der Waals surface area contributed by atoms with Crippen molar-refractivity contribution in [3.63, 3.8) is 0 Å². The molecule has 0 heterocycles. The van der Waals surface area contributed by atoms with Gasteiger partial charge in [-0.05, 0) is 33.1 Å².